The highest BCUT2D eigenvalue weighted by Gasteiger charge is 2.07. The van der Waals surface area contributed by atoms with E-state index < -0.39 is 0 Å². The summed E-state index contributed by atoms with van der Waals surface area (Å²) in [4.78, 5) is 16.2. The minimum absolute atomic E-state index is 0.0404. The Morgan fingerprint density at radius 1 is 1.19 bits per heavy atom. The second kappa shape index (κ2) is 4.27. The Kier molecular flexibility index (Phi) is 2.82. The number of allylic oxidation sites excluding steroid dienone is 2. The Bertz CT molecular complexity index is 560. The number of carbonyl (C=O) groups excluding carboxylic acids is 1. The molecule has 0 saturated carbocycles. The van der Waals surface area contributed by atoms with Crippen molar-refractivity contribution in [2.24, 2.45) is 0 Å². The second-order valence-corrected chi connectivity index (χ2v) is 3.96. The Balaban J connectivity index is 2.61. The van der Waals surface area contributed by atoms with E-state index in [0.29, 0.717) is 5.56 Å². The lowest BCUT2D eigenvalue weighted by Crippen LogP contribution is -1.97. The highest BCUT2D eigenvalue weighted by molar-refractivity contribution is 6.12. The van der Waals surface area contributed by atoms with E-state index in [1.54, 1.807) is 18.3 Å². The molecule has 16 heavy (non-hydrogen) atoms. The van der Waals surface area contributed by atoms with Crippen LogP contribution in [0.2, 0.25) is 0 Å². The average Bonchev–Trinajstić information content (AvgIpc) is 2.27. The molecule has 2 heteroatoms. The third-order valence-electron chi connectivity index (χ3n) is 2.33. The van der Waals surface area contributed by atoms with Gasteiger partial charge in [-0.2, -0.15) is 0 Å². The number of aromatic nitrogens is 1. The van der Waals surface area contributed by atoms with Crippen LogP contribution in [0, 0.1) is 0 Å². The van der Waals surface area contributed by atoms with Crippen molar-refractivity contribution in [1.82, 2.24) is 4.98 Å². The van der Waals surface area contributed by atoms with Crippen LogP contribution in [-0.2, 0) is 0 Å². The van der Waals surface area contributed by atoms with Gasteiger partial charge in [0.2, 0.25) is 0 Å². The standard InChI is InChI=1S/C14H13NO/c1-10(2)9-14(16)12-7-8-15-13-6-4-3-5-11(12)13/h3-9H,1-2H3. The first-order valence-electron chi connectivity index (χ1n) is 5.21. The summed E-state index contributed by atoms with van der Waals surface area (Å²) in [6.07, 6.45) is 3.33. The molecule has 0 atom stereocenters. The van der Waals surface area contributed by atoms with Crippen LogP contribution in [-0.4, -0.2) is 10.8 Å². The minimum atomic E-state index is 0.0404. The number of para-hydroxylation sites is 1. The number of fused-ring (bicyclic) bond motifs is 1. The van der Waals surface area contributed by atoms with E-state index in [1.165, 1.54) is 0 Å². The minimum Gasteiger partial charge on any atom is -0.289 e. The van der Waals surface area contributed by atoms with Crippen molar-refractivity contribution < 1.29 is 4.79 Å². The summed E-state index contributed by atoms with van der Waals surface area (Å²) in [5.74, 6) is 0.0404. The Hall–Kier alpha value is -1.96. The number of hydrogen-bond acceptors (Lipinski definition) is 2. The van der Waals surface area contributed by atoms with Crippen LogP contribution in [0.5, 0.6) is 0 Å². The summed E-state index contributed by atoms with van der Waals surface area (Å²) in [5.41, 5.74) is 2.58. The van der Waals surface area contributed by atoms with Gasteiger partial charge in [0, 0.05) is 17.1 Å². The molecule has 2 nitrogen and oxygen atoms in total. The van der Waals surface area contributed by atoms with Crippen molar-refractivity contribution in [3.63, 3.8) is 0 Å². The zero-order valence-corrected chi connectivity index (χ0v) is 9.40. The van der Waals surface area contributed by atoms with Gasteiger partial charge < -0.3 is 0 Å². The SMILES string of the molecule is CC(C)=CC(=O)c1ccnc2ccccc12. The first-order valence-corrected chi connectivity index (χ1v) is 5.21. The van der Waals surface area contributed by atoms with Crippen molar-refractivity contribution in [3.8, 4) is 0 Å². The maximum Gasteiger partial charge on any atom is 0.186 e. The number of hydrogen-bond donors (Lipinski definition) is 0. The lowest BCUT2D eigenvalue weighted by Gasteiger charge is -2.02. The summed E-state index contributed by atoms with van der Waals surface area (Å²) >= 11 is 0. The molecular weight excluding hydrogens is 198 g/mol. The number of ketones is 1. The lowest BCUT2D eigenvalue weighted by molar-refractivity contribution is 0.104. The largest absolute Gasteiger partial charge is 0.289 e. The van der Waals surface area contributed by atoms with E-state index in [2.05, 4.69) is 4.98 Å². The Labute approximate surface area is 94.6 Å². The van der Waals surface area contributed by atoms with Crippen LogP contribution >= 0.6 is 0 Å². The molecule has 1 aromatic heterocycles. The lowest BCUT2D eigenvalue weighted by atomic mass is 10.0. The molecular formula is C14H13NO. The van der Waals surface area contributed by atoms with Gasteiger partial charge in [0.1, 0.15) is 0 Å². The third-order valence-corrected chi connectivity index (χ3v) is 2.33. The molecule has 0 spiro atoms. The number of benzene rings is 1. The Morgan fingerprint density at radius 2 is 1.94 bits per heavy atom. The highest BCUT2D eigenvalue weighted by Crippen LogP contribution is 2.17. The molecule has 0 amide bonds. The summed E-state index contributed by atoms with van der Waals surface area (Å²) in [5, 5.41) is 0.910. The van der Waals surface area contributed by atoms with Gasteiger partial charge in [-0.3, -0.25) is 9.78 Å². The fraction of sp³-hybridized carbons (Fsp3) is 0.143. The molecule has 1 aromatic carbocycles. The number of rotatable bonds is 2. The third kappa shape index (κ3) is 2.01. The predicted molar refractivity (Wildman–Crippen MR) is 65.5 cm³/mol. The van der Waals surface area contributed by atoms with Gasteiger partial charge in [0.25, 0.3) is 0 Å². The van der Waals surface area contributed by atoms with Crippen molar-refractivity contribution in [2.45, 2.75) is 13.8 Å². The summed E-state index contributed by atoms with van der Waals surface area (Å²) < 4.78 is 0. The van der Waals surface area contributed by atoms with Crippen LogP contribution in [0.3, 0.4) is 0 Å². The molecule has 0 aliphatic heterocycles. The van der Waals surface area contributed by atoms with Crippen LogP contribution < -0.4 is 0 Å². The monoisotopic (exact) mass is 211 g/mol. The molecule has 0 aliphatic rings. The molecule has 0 bridgehead atoms. The molecule has 0 aliphatic carbocycles. The van der Waals surface area contributed by atoms with E-state index >= 15 is 0 Å². The van der Waals surface area contributed by atoms with Gasteiger partial charge in [-0.05, 0) is 32.1 Å². The fourth-order valence-corrected chi connectivity index (χ4v) is 1.65. The molecule has 1 heterocycles. The van der Waals surface area contributed by atoms with Gasteiger partial charge in [-0.15, -0.1) is 0 Å². The fourth-order valence-electron chi connectivity index (χ4n) is 1.65. The van der Waals surface area contributed by atoms with E-state index in [4.69, 9.17) is 0 Å². The zero-order chi connectivity index (χ0) is 11.5. The molecule has 0 radical (unpaired) electrons. The van der Waals surface area contributed by atoms with Crippen LogP contribution in [0.15, 0.2) is 48.2 Å². The van der Waals surface area contributed by atoms with Crippen LogP contribution in [0.1, 0.15) is 24.2 Å². The van der Waals surface area contributed by atoms with Crippen molar-refractivity contribution in [1.29, 1.82) is 0 Å². The van der Waals surface area contributed by atoms with E-state index in [1.807, 2.05) is 38.1 Å². The predicted octanol–water partition coefficient (Wildman–Crippen LogP) is 3.38. The summed E-state index contributed by atoms with van der Waals surface area (Å²) in [6, 6.07) is 9.45. The van der Waals surface area contributed by atoms with Gasteiger partial charge in [0.15, 0.2) is 5.78 Å². The van der Waals surface area contributed by atoms with Gasteiger partial charge in [-0.1, -0.05) is 23.8 Å². The Morgan fingerprint density at radius 3 is 2.69 bits per heavy atom. The van der Waals surface area contributed by atoms with Crippen molar-refractivity contribution in [3.05, 3.63) is 53.7 Å². The highest BCUT2D eigenvalue weighted by atomic mass is 16.1. The van der Waals surface area contributed by atoms with Crippen molar-refractivity contribution >= 4 is 16.7 Å². The average molecular weight is 211 g/mol. The van der Waals surface area contributed by atoms with Crippen LogP contribution in [0.25, 0.3) is 10.9 Å². The molecule has 2 aromatic rings. The van der Waals surface area contributed by atoms with Crippen LogP contribution in [0.4, 0.5) is 0 Å². The van der Waals surface area contributed by atoms with Gasteiger partial charge >= 0.3 is 0 Å². The summed E-state index contributed by atoms with van der Waals surface area (Å²) in [6.45, 7) is 3.84. The van der Waals surface area contributed by atoms with E-state index in [0.717, 1.165) is 16.5 Å². The van der Waals surface area contributed by atoms with Gasteiger partial charge in [0.05, 0.1) is 5.52 Å². The first-order chi connectivity index (χ1) is 7.68. The normalized spacial score (nSPS) is 10.1. The topological polar surface area (TPSA) is 30.0 Å². The number of carbonyl (C=O) groups is 1. The smallest absolute Gasteiger partial charge is 0.186 e. The molecule has 80 valence electrons. The number of pyridine rings is 1. The number of nitrogens with zero attached hydrogens (tertiary/aromatic N) is 1. The zero-order valence-electron chi connectivity index (χ0n) is 9.40. The summed E-state index contributed by atoms with van der Waals surface area (Å²) in [7, 11) is 0. The van der Waals surface area contributed by atoms with E-state index in [9.17, 15) is 4.79 Å². The molecule has 0 saturated heterocycles. The van der Waals surface area contributed by atoms with Crippen molar-refractivity contribution in [2.75, 3.05) is 0 Å². The molecule has 0 unspecified atom stereocenters. The quantitative estimate of drug-likeness (QED) is 0.563. The maximum atomic E-state index is 12.0. The second-order valence-electron chi connectivity index (χ2n) is 3.96. The molecule has 0 fully saturated rings. The molecule has 2 rings (SSSR count). The van der Waals surface area contributed by atoms with E-state index in [-0.39, 0.29) is 5.78 Å². The van der Waals surface area contributed by atoms with Gasteiger partial charge in [-0.25, -0.2) is 0 Å². The maximum absolute atomic E-state index is 12.0. The first kappa shape index (κ1) is 10.6. The molecule has 0 N–H and O–H groups in total.